The smallest absolute Gasteiger partial charge is 0.241 e. The Morgan fingerprint density at radius 1 is 1.45 bits per heavy atom. The van der Waals surface area contributed by atoms with Gasteiger partial charge in [0.05, 0.1) is 0 Å². The first-order valence-electron chi connectivity index (χ1n) is 2.63. The summed E-state index contributed by atoms with van der Waals surface area (Å²) in [6, 6.07) is 0. The second-order valence-corrected chi connectivity index (χ2v) is 1.68. The predicted octanol–water partition coefficient (Wildman–Crippen LogP) is 1.96. The Morgan fingerprint density at radius 2 is 1.91 bits per heavy atom. The molecule has 0 aliphatic heterocycles. The summed E-state index contributed by atoms with van der Waals surface area (Å²) in [7, 11) is 0. The van der Waals surface area contributed by atoms with Crippen LogP contribution in [0.1, 0.15) is 6.92 Å². The molecule has 2 nitrogen and oxygen atoms in total. The molecular formula is C5H6F4N2. The van der Waals surface area contributed by atoms with Crippen molar-refractivity contribution in [2.24, 2.45) is 9.98 Å². The monoisotopic (exact) mass is 170 g/mol. The molecule has 0 heterocycles. The molecule has 0 radical (unpaired) electrons. The maximum atomic E-state index is 11.9. The Kier molecular flexibility index (Phi) is 3.16. The molecule has 0 rings (SSSR count). The summed E-state index contributed by atoms with van der Waals surface area (Å²) in [5.41, 5.74) is 0. The van der Waals surface area contributed by atoms with E-state index in [4.69, 9.17) is 0 Å². The van der Waals surface area contributed by atoms with Gasteiger partial charge in [-0.2, -0.15) is 13.2 Å². The van der Waals surface area contributed by atoms with E-state index in [1.165, 1.54) is 0 Å². The zero-order valence-electron chi connectivity index (χ0n) is 5.69. The maximum Gasteiger partial charge on any atom is 0.451 e. The highest BCUT2D eigenvalue weighted by molar-refractivity contribution is 5.91. The molecule has 1 unspecified atom stereocenters. The summed E-state index contributed by atoms with van der Waals surface area (Å²) < 4.78 is 46.8. The average Bonchev–Trinajstić information content (AvgIpc) is 1.79. The molecule has 0 saturated carbocycles. The average molecular weight is 170 g/mol. The van der Waals surface area contributed by atoms with Crippen LogP contribution < -0.4 is 0 Å². The van der Waals surface area contributed by atoms with Crippen LogP contribution in [-0.4, -0.2) is 25.0 Å². The number of halogens is 4. The van der Waals surface area contributed by atoms with Crippen molar-refractivity contribution in [3.05, 3.63) is 0 Å². The first kappa shape index (κ1) is 10.1. The highest BCUT2D eigenvalue weighted by Crippen LogP contribution is 2.18. The fourth-order valence-electron chi connectivity index (χ4n) is 0.372. The highest BCUT2D eigenvalue weighted by atomic mass is 19.4. The lowest BCUT2D eigenvalue weighted by Gasteiger charge is -2.04. The van der Waals surface area contributed by atoms with Crippen molar-refractivity contribution in [3.63, 3.8) is 0 Å². The summed E-state index contributed by atoms with van der Waals surface area (Å²) in [5.74, 6) is -1.53. The molecule has 0 saturated heterocycles. The van der Waals surface area contributed by atoms with E-state index in [1.807, 2.05) is 0 Å². The third-order valence-corrected chi connectivity index (χ3v) is 0.703. The summed E-state index contributed by atoms with van der Waals surface area (Å²) >= 11 is 0. The minimum atomic E-state index is -4.72. The maximum absolute atomic E-state index is 11.9. The van der Waals surface area contributed by atoms with Gasteiger partial charge in [-0.15, -0.1) is 0 Å². The molecule has 0 spiro atoms. The van der Waals surface area contributed by atoms with E-state index in [-0.39, 0.29) is 0 Å². The van der Waals surface area contributed by atoms with Gasteiger partial charge in [-0.1, -0.05) is 0 Å². The van der Waals surface area contributed by atoms with E-state index in [2.05, 4.69) is 16.7 Å². The van der Waals surface area contributed by atoms with Gasteiger partial charge in [-0.3, -0.25) is 0 Å². The lowest BCUT2D eigenvalue weighted by Crippen LogP contribution is -2.21. The molecule has 0 aromatic heterocycles. The van der Waals surface area contributed by atoms with E-state index < -0.39 is 18.3 Å². The second-order valence-electron chi connectivity index (χ2n) is 1.68. The Labute approximate surface area is 60.7 Å². The molecule has 0 bridgehead atoms. The van der Waals surface area contributed by atoms with E-state index >= 15 is 0 Å². The zero-order valence-corrected chi connectivity index (χ0v) is 5.69. The molecule has 0 aromatic carbocycles. The predicted molar refractivity (Wildman–Crippen MR) is 33.6 cm³/mol. The number of amidine groups is 1. The third-order valence-electron chi connectivity index (χ3n) is 0.703. The summed E-state index contributed by atoms with van der Waals surface area (Å²) in [6.45, 7) is 3.49. The highest BCUT2D eigenvalue weighted by Gasteiger charge is 2.35. The van der Waals surface area contributed by atoms with Gasteiger partial charge in [0.1, 0.15) is 0 Å². The Balaban J connectivity index is 4.54. The molecule has 1 atom stereocenters. The van der Waals surface area contributed by atoms with Crippen molar-refractivity contribution in [1.29, 1.82) is 0 Å². The molecule has 11 heavy (non-hydrogen) atoms. The van der Waals surface area contributed by atoms with E-state index in [9.17, 15) is 17.6 Å². The molecule has 0 aliphatic carbocycles. The standard InChI is InChI=1S/C5H6F4N2/c1-3(6)11-4(10-2)5(7,8)9/h3H,2H2,1H3. The number of aliphatic imine (C=N–C) groups is 2. The van der Waals surface area contributed by atoms with Crippen LogP contribution in [0.3, 0.4) is 0 Å². The topological polar surface area (TPSA) is 24.7 Å². The Bertz CT molecular complexity index is 170. The zero-order chi connectivity index (χ0) is 9.07. The van der Waals surface area contributed by atoms with Crippen LogP contribution in [0.5, 0.6) is 0 Å². The molecule has 0 amide bonds. The van der Waals surface area contributed by atoms with Gasteiger partial charge in [0.15, 0.2) is 6.30 Å². The van der Waals surface area contributed by atoms with Crippen LogP contribution >= 0.6 is 0 Å². The molecule has 0 aromatic rings. The van der Waals surface area contributed by atoms with Crippen LogP contribution in [-0.2, 0) is 0 Å². The van der Waals surface area contributed by atoms with Gasteiger partial charge in [-0.05, 0) is 13.6 Å². The van der Waals surface area contributed by atoms with Crippen molar-refractivity contribution in [1.82, 2.24) is 0 Å². The molecule has 64 valence electrons. The Hall–Kier alpha value is -0.940. The van der Waals surface area contributed by atoms with Crippen LogP contribution in [0.2, 0.25) is 0 Å². The van der Waals surface area contributed by atoms with Crippen molar-refractivity contribution in [2.45, 2.75) is 19.4 Å². The molecule has 6 heteroatoms. The lowest BCUT2D eigenvalue weighted by atomic mass is 10.5. The number of nitrogens with zero attached hydrogens (tertiary/aromatic N) is 2. The molecule has 0 fully saturated rings. The van der Waals surface area contributed by atoms with Gasteiger partial charge in [0.2, 0.25) is 5.84 Å². The number of alkyl halides is 4. The van der Waals surface area contributed by atoms with Crippen LogP contribution in [0.4, 0.5) is 17.6 Å². The minimum Gasteiger partial charge on any atom is -0.241 e. The minimum absolute atomic E-state index is 0.872. The van der Waals surface area contributed by atoms with Crippen molar-refractivity contribution >= 4 is 12.6 Å². The summed E-state index contributed by atoms with van der Waals surface area (Å²) in [5, 5.41) is 0. The quantitative estimate of drug-likeness (QED) is 0.249. The van der Waals surface area contributed by atoms with Crippen molar-refractivity contribution in [2.75, 3.05) is 0 Å². The number of hydrogen-bond donors (Lipinski definition) is 0. The van der Waals surface area contributed by atoms with Crippen LogP contribution in [0.25, 0.3) is 0 Å². The van der Waals surface area contributed by atoms with Gasteiger partial charge in [0.25, 0.3) is 0 Å². The van der Waals surface area contributed by atoms with E-state index in [0.717, 1.165) is 6.92 Å². The van der Waals surface area contributed by atoms with Crippen LogP contribution in [0, 0.1) is 0 Å². The summed E-state index contributed by atoms with van der Waals surface area (Å²) in [4.78, 5) is 5.10. The van der Waals surface area contributed by atoms with Crippen molar-refractivity contribution in [3.8, 4) is 0 Å². The van der Waals surface area contributed by atoms with Gasteiger partial charge < -0.3 is 0 Å². The molecule has 0 aliphatic rings. The number of hydrogen-bond acceptors (Lipinski definition) is 1. The van der Waals surface area contributed by atoms with Gasteiger partial charge >= 0.3 is 6.18 Å². The SMILES string of the molecule is C=NC(=NC(C)F)C(F)(F)F. The first-order chi connectivity index (χ1) is 4.88. The Morgan fingerprint density at radius 3 is 2.00 bits per heavy atom. The number of rotatable bonds is 1. The largest absolute Gasteiger partial charge is 0.451 e. The van der Waals surface area contributed by atoms with E-state index in [1.54, 1.807) is 0 Å². The van der Waals surface area contributed by atoms with Crippen LogP contribution in [0.15, 0.2) is 9.98 Å². The first-order valence-corrected chi connectivity index (χ1v) is 2.63. The lowest BCUT2D eigenvalue weighted by molar-refractivity contribution is -0.0603. The molecule has 0 N–H and O–H groups in total. The fraction of sp³-hybridized carbons (Fsp3) is 0.600. The summed E-state index contributed by atoms with van der Waals surface area (Å²) in [6.07, 6.45) is -6.64. The van der Waals surface area contributed by atoms with Crippen molar-refractivity contribution < 1.29 is 17.6 Å². The fourth-order valence-corrected chi connectivity index (χ4v) is 0.372. The van der Waals surface area contributed by atoms with Gasteiger partial charge in [0, 0.05) is 0 Å². The third kappa shape index (κ3) is 3.69. The molecular weight excluding hydrogens is 164 g/mol. The van der Waals surface area contributed by atoms with Gasteiger partial charge in [-0.25, -0.2) is 14.4 Å². The second kappa shape index (κ2) is 3.45. The van der Waals surface area contributed by atoms with E-state index in [0.29, 0.717) is 0 Å². The normalized spacial score (nSPS) is 16.3.